The first-order valence-electron chi connectivity index (χ1n) is 8.67. The van der Waals surface area contributed by atoms with E-state index in [-0.39, 0.29) is 23.6 Å². The molecule has 10 heteroatoms. The molecule has 2 amide bonds. The first-order chi connectivity index (χ1) is 14.4. The average molecular weight is 481 g/mol. The lowest BCUT2D eigenvalue weighted by molar-refractivity contribution is -0.126. The second kappa shape index (κ2) is 11.1. The Labute approximate surface area is 181 Å². The van der Waals surface area contributed by atoms with Crippen molar-refractivity contribution in [3.8, 4) is 17.2 Å². The Balaban J connectivity index is 1.88. The maximum absolute atomic E-state index is 12.3. The van der Waals surface area contributed by atoms with Crippen LogP contribution in [0.2, 0.25) is 0 Å². The van der Waals surface area contributed by atoms with Crippen LogP contribution in [0, 0.1) is 0 Å². The topological polar surface area (TPSA) is 112 Å². The van der Waals surface area contributed by atoms with Gasteiger partial charge in [0, 0.05) is 4.47 Å². The van der Waals surface area contributed by atoms with Gasteiger partial charge in [-0.2, -0.15) is 0 Å². The van der Waals surface area contributed by atoms with Gasteiger partial charge >= 0.3 is 5.97 Å². The minimum atomic E-state index is -0.762. The highest BCUT2D eigenvalue weighted by molar-refractivity contribution is 9.10. The van der Waals surface area contributed by atoms with E-state index in [2.05, 4.69) is 26.6 Å². The van der Waals surface area contributed by atoms with Gasteiger partial charge in [-0.3, -0.25) is 9.59 Å². The summed E-state index contributed by atoms with van der Waals surface area (Å²) in [5.41, 5.74) is 0.689. The number of carbonyl (C=O) groups excluding carboxylic acids is 3. The average Bonchev–Trinajstić information content (AvgIpc) is 2.76. The molecule has 0 atom stereocenters. The molecule has 2 N–H and O–H groups in total. The number of carbonyl (C=O) groups is 3. The summed E-state index contributed by atoms with van der Waals surface area (Å²) in [5, 5.41) is 5.02. The highest BCUT2D eigenvalue weighted by Gasteiger charge is 2.19. The van der Waals surface area contributed by atoms with E-state index in [1.54, 1.807) is 18.2 Å². The Bertz CT molecular complexity index is 908. The second-order valence-electron chi connectivity index (χ2n) is 5.79. The van der Waals surface area contributed by atoms with E-state index in [9.17, 15) is 14.4 Å². The number of hydrogen-bond donors (Lipinski definition) is 2. The summed E-state index contributed by atoms with van der Waals surface area (Å²) in [6, 6.07) is 9.88. The molecule has 2 aromatic carbocycles. The number of methoxy groups -OCH3 is 3. The number of halogens is 1. The fraction of sp³-hybridized carbons (Fsp3) is 0.250. The number of amides is 2. The lowest BCUT2D eigenvalue weighted by atomic mass is 10.2. The van der Waals surface area contributed by atoms with Crippen LogP contribution >= 0.6 is 15.9 Å². The van der Waals surface area contributed by atoms with Crippen LogP contribution in [0.15, 0.2) is 40.9 Å². The zero-order valence-corrected chi connectivity index (χ0v) is 18.2. The molecule has 30 heavy (non-hydrogen) atoms. The lowest BCUT2D eigenvalue weighted by Crippen LogP contribution is -2.35. The predicted octanol–water partition coefficient (Wildman–Crippen LogP) is 2.39. The minimum Gasteiger partial charge on any atom is -0.493 e. The molecule has 0 saturated carbocycles. The molecular formula is C20H21BrN2O7. The summed E-state index contributed by atoms with van der Waals surface area (Å²) in [6.45, 7) is -0.834. The molecular weight excluding hydrogens is 460 g/mol. The summed E-state index contributed by atoms with van der Waals surface area (Å²) in [6.07, 6.45) is 0. The standard InChI is InChI=1S/C20H21BrN2O7/c1-27-15-8-12(9-16(28-2)19(15)29-3)20(26)30-11-18(25)22-10-17(24)23-14-7-5-4-6-13(14)21/h4-9H,10-11H2,1-3H3,(H,22,25)(H,23,24). The molecule has 9 nitrogen and oxygen atoms in total. The summed E-state index contributed by atoms with van der Waals surface area (Å²) in [4.78, 5) is 36.1. The predicted molar refractivity (Wildman–Crippen MR) is 112 cm³/mol. The molecule has 0 aliphatic carbocycles. The van der Waals surface area contributed by atoms with Gasteiger partial charge in [0.1, 0.15) is 0 Å². The molecule has 0 aromatic heterocycles. The Hall–Kier alpha value is -3.27. The van der Waals surface area contributed by atoms with Gasteiger partial charge in [0.2, 0.25) is 11.7 Å². The fourth-order valence-electron chi connectivity index (χ4n) is 2.40. The summed E-state index contributed by atoms with van der Waals surface area (Å²) >= 11 is 3.31. The number of ether oxygens (including phenoxy) is 4. The van der Waals surface area contributed by atoms with Crippen LogP contribution in [0.5, 0.6) is 17.2 Å². The van der Waals surface area contributed by atoms with Gasteiger partial charge in [0.05, 0.1) is 39.1 Å². The van der Waals surface area contributed by atoms with Crippen molar-refractivity contribution in [1.29, 1.82) is 0 Å². The van der Waals surface area contributed by atoms with Gasteiger partial charge in [-0.15, -0.1) is 0 Å². The maximum atomic E-state index is 12.3. The van der Waals surface area contributed by atoms with E-state index in [1.165, 1.54) is 33.5 Å². The fourth-order valence-corrected chi connectivity index (χ4v) is 2.78. The minimum absolute atomic E-state index is 0.115. The van der Waals surface area contributed by atoms with Crippen LogP contribution in [-0.2, 0) is 14.3 Å². The quantitative estimate of drug-likeness (QED) is 0.529. The van der Waals surface area contributed by atoms with Crippen molar-refractivity contribution in [1.82, 2.24) is 5.32 Å². The lowest BCUT2D eigenvalue weighted by Gasteiger charge is -2.13. The summed E-state index contributed by atoms with van der Waals surface area (Å²) in [5.74, 6) is -0.939. The molecule has 2 rings (SSSR count). The number of nitrogens with one attached hydrogen (secondary N) is 2. The normalized spacial score (nSPS) is 10.0. The highest BCUT2D eigenvalue weighted by atomic mass is 79.9. The third-order valence-electron chi connectivity index (χ3n) is 3.83. The number of hydrogen-bond acceptors (Lipinski definition) is 7. The van der Waals surface area contributed by atoms with Gasteiger partial charge in [-0.1, -0.05) is 12.1 Å². The van der Waals surface area contributed by atoms with Crippen LogP contribution in [0.25, 0.3) is 0 Å². The Kier molecular flexibility index (Phi) is 8.48. The van der Waals surface area contributed by atoms with Gasteiger partial charge in [-0.05, 0) is 40.2 Å². The zero-order valence-electron chi connectivity index (χ0n) is 16.6. The van der Waals surface area contributed by atoms with Crippen LogP contribution < -0.4 is 24.8 Å². The van der Waals surface area contributed by atoms with Crippen molar-refractivity contribution in [3.05, 3.63) is 46.4 Å². The first-order valence-corrected chi connectivity index (χ1v) is 9.47. The molecule has 0 fully saturated rings. The number of benzene rings is 2. The Morgan fingerprint density at radius 2 is 1.57 bits per heavy atom. The van der Waals surface area contributed by atoms with Crippen molar-refractivity contribution in [2.45, 2.75) is 0 Å². The molecule has 0 spiro atoms. The molecule has 160 valence electrons. The molecule has 0 aliphatic heterocycles. The number of para-hydroxylation sites is 1. The smallest absolute Gasteiger partial charge is 0.338 e. The van der Waals surface area contributed by atoms with Crippen LogP contribution in [0.3, 0.4) is 0 Å². The van der Waals surface area contributed by atoms with Crippen molar-refractivity contribution >= 4 is 39.4 Å². The number of anilines is 1. The first kappa shape index (κ1) is 23.0. The number of rotatable bonds is 9. The molecule has 0 aliphatic rings. The Morgan fingerprint density at radius 1 is 0.933 bits per heavy atom. The van der Waals surface area contributed by atoms with Crippen LogP contribution in [0.4, 0.5) is 5.69 Å². The molecule has 0 bridgehead atoms. The zero-order chi connectivity index (χ0) is 22.1. The van der Waals surface area contributed by atoms with E-state index in [0.717, 1.165) is 0 Å². The van der Waals surface area contributed by atoms with Gasteiger partial charge in [0.15, 0.2) is 18.1 Å². The van der Waals surface area contributed by atoms with E-state index in [0.29, 0.717) is 15.9 Å². The van der Waals surface area contributed by atoms with E-state index in [4.69, 9.17) is 18.9 Å². The highest BCUT2D eigenvalue weighted by Crippen LogP contribution is 2.38. The number of esters is 1. The summed E-state index contributed by atoms with van der Waals surface area (Å²) in [7, 11) is 4.27. The third-order valence-corrected chi connectivity index (χ3v) is 4.52. The maximum Gasteiger partial charge on any atom is 0.338 e. The Morgan fingerprint density at radius 3 is 2.13 bits per heavy atom. The molecule has 2 aromatic rings. The molecule has 0 unspecified atom stereocenters. The van der Waals surface area contributed by atoms with E-state index < -0.39 is 24.4 Å². The molecule has 0 saturated heterocycles. The summed E-state index contributed by atoms with van der Waals surface area (Å²) < 4.78 is 21.2. The van der Waals surface area contributed by atoms with Crippen molar-refractivity contribution in [2.24, 2.45) is 0 Å². The van der Waals surface area contributed by atoms with Gasteiger partial charge in [0.25, 0.3) is 5.91 Å². The van der Waals surface area contributed by atoms with Crippen molar-refractivity contribution in [3.63, 3.8) is 0 Å². The second-order valence-corrected chi connectivity index (χ2v) is 6.65. The molecule has 0 heterocycles. The van der Waals surface area contributed by atoms with Crippen molar-refractivity contribution < 1.29 is 33.3 Å². The van der Waals surface area contributed by atoms with Crippen LogP contribution in [-0.4, -0.2) is 52.3 Å². The molecule has 0 radical (unpaired) electrons. The monoisotopic (exact) mass is 480 g/mol. The van der Waals surface area contributed by atoms with Gasteiger partial charge < -0.3 is 29.6 Å². The van der Waals surface area contributed by atoms with Crippen LogP contribution in [0.1, 0.15) is 10.4 Å². The largest absolute Gasteiger partial charge is 0.493 e. The van der Waals surface area contributed by atoms with E-state index >= 15 is 0 Å². The SMILES string of the molecule is COc1cc(C(=O)OCC(=O)NCC(=O)Nc2ccccc2Br)cc(OC)c1OC. The third kappa shape index (κ3) is 6.11. The van der Waals surface area contributed by atoms with Crippen molar-refractivity contribution in [2.75, 3.05) is 39.8 Å². The van der Waals surface area contributed by atoms with E-state index in [1.807, 2.05) is 6.07 Å². The van der Waals surface area contributed by atoms with Gasteiger partial charge in [-0.25, -0.2) is 4.79 Å².